The van der Waals surface area contributed by atoms with Gasteiger partial charge in [-0.05, 0) is 50.0 Å². The molecular formula is C23H39N3O6S2. The van der Waals surface area contributed by atoms with E-state index in [9.17, 15) is 22.8 Å². The van der Waals surface area contributed by atoms with E-state index in [1.165, 1.54) is 13.1 Å². The first-order valence-electron chi connectivity index (χ1n) is 11.2. The van der Waals surface area contributed by atoms with Crippen LogP contribution < -0.4 is 15.4 Å². The number of nitrogens with one attached hydrogen (secondary N) is 3. The van der Waals surface area contributed by atoms with Gasteiger partial charge in [-0.2, -0.15) is 4.72 Å². The third-order valence-corrected chi connectivity index (χ3v) is 7.67. The zero-order valence-corrected chi connectivity index (χ0v) is 23.1. The van der Waals surface area contributed by atoms with Crippen molar-refractivity contribution in [1.29, 1.82) is 0 Å². The molecule has 34 heavy (non-hydrogen) atoms. The summed E-state index contributed by atoms with van der Waals surface area (Å²) < 4.78 is 34.0. The molecule has 0 fully saturated rings. The predicted octanol–water partition coefficient (Wildman–Crippen LogP) is 2.68. The molecule has 0 unspecified atom stereocenters. The molecule has 2 amide bonds. The summed E-state index contributed by atoms with van der Waals surface area (Å²) in [6, 6.07) is 0.613. The van der Waals surface area contributed by atoms with E-state index >= 15 is 0 Å². The van der Waals surface area contributed by atoms with Crippen molar-refractivity contribution >= 4 is 39.1 Å². The molecule has 11 heteroatoms. The highest BCUT2D eigenvalue weighted by Gasteiger charge is 2.42. The summed E-state index contributed by atoms with van der Waals surface area (Å²) in [4.78, 5) is 39.2. The molecule has 0 radical (unpaired) electrons. The minimum absolute atomic E-state index is 0.0164. The van der Waals surface area contributed by atoms with Gasteiger partial charge in [-0.3, -0.25) is 14.4 Å². The molecule has 0 aromatic carbocycles. The van der Waals surface area contributed by atoms with Crippen LogP contribution in [0.25, 0.3) is 0 Å². The van der Waals surface area contributed by atoms with Gasteiger partial charge >= 0.3 is 5.97 Å². The number of ether oxygens (including phenoxy) is 1. The molecule has 1 heterocycles. The van der Waals surface area contributed by atoms with Crippen LogP contribution in [0.4, 0.5) is 0 Å². The number of amides is 2. The smallest absolute Gasteiger partial charge is 0.325 e. The van der Waals surface area contributed by atoms with Crippen LogP contribution in [0.3, 0.4) is 0 Å². The Bertz CT molecular complexity index is 944. The number of hydrogen-bond donors (Lipinski definition) is 3. The molecule has 0 saturated carbocycles. The molecule has 194 valence electrons. The molecule has 1 rings (SSSR count). The van der Waals surface area contributed by atoms with Crippen LogP contribution in [0.1, 0.15) is 61.8 Å². The van der Waals surface area contributed by atoms with Crippen molar-refractivity contribution < 1.29 is 27.5 Å². The van der Waals surface area contributed by atoms with E-state index in [2.05, 4.69) is 15.4 Å². The highest BCUT2D eigenvalue weighted by Crippen LogP contribution is 2.25. The Morgan fingerprint density at radius 2 is 1.65 bits per heavy atom. The predicted molar refractivity (Wildman–Crippen MR) is 133 cm³/mol. The van der Waals surface area contributed by atoms with E-state index < -0.39 is 56.8 Å². The molecule has 0 aliphatic rings. The van der Waals surface area contributed by atoms with Crippen molar-refractivity contribution in [3.63, 3.8) is 0 Å². The molecule has 9 nitrogen and oxygen atoms in total. The maximum atomic E-state index is 13.5. The fourth-order valence-corrected chi connectivity index (χ4v) is 5.51. The average Bonchev–Trinajstić information content (AvgIpc) is 3.21. The van der Waals surface area contributed by atoms with Crippen molar-refractivity contribution in [1.82, 2.24) is 15.4 Å². The van der Waals surface area contributed by atoms with Crippen LogP contribution in [0.2, 0.25) is 0 Å². The fourth-order valence-electron chi connectivity index (χ4n) is 3.27. The second kappa shape index (κ2) is 11.6. The van der Waals surface area contributed by atoms with Gasteiger partial charge in [0.15, 0.2) is 0 Å². The van der Waals surface area contributed by atoms with Crippen molar-refractivity contribution in [2.45, 2.75) is 83.7 Å². The Kier molecular flexibility index (Phi) is 10.3. The maximum absolute atomic E-state index is 13.5. The standard InChI is InChI=1S/C23H39N3O6S2/c1-14(2)13-15(19(27)25-18(20(28)24-9)22(3,4)5)17(21(29)32-23(6,7)8)26-34(30,31)16-11-10-12-33-16/h10-12,14-15,17-18,26H,13H2,1-9H3,(H,24,28)(H,25,27)/t15-,17+,18-/m1/s1. The number of carbonyl (C=O) groups is 3. The fraction of sp³-hybridized carbons (Fsp3) is 0.696. The molecule has 0 bridgehead atoms. The van der Waals surface area contributed by atoms with Gasteiger partial charge in [0, 0.05) is 7.05 Å². The lowest BCUT2D eigenvalue weighted by Gasteiger charge is -2.34. The minimum Gasteiger partial charge on any atom is -0.459 e. The van der Waals surface area contributed by atoms with Crippen molar-refractivity contribution in [3.8, 4) is 0 Å². The van der Waals surface area contributed by atoms with Crippen molar-refractivity contribution in [2.24, 2.45) is 17.3 Å². The summed E-state index contributed by atoms with van der Waals surface area (Å²) >= 11 is 0.996. The highest BCUT2D eigenvalue weighted by atomic mass is 32.2. The lowest BCUT2D eigenvalue weighted by atomic mass is 9.84. The molecule has 1 aromatic heterocycles. The molecule has 0 saturated heterocycles. The Hall–Kier alpha value is -1.98. The summed E-state index contributed by atoms with van der Waals surface area (Å²) in [5.74, 6) is -3.03. The van der Waals surface area contributed by atoms with Gasteiger partial charge in [0.05, 0.1) is 5.92 Å². The summed E-state index contributed by atoms with van der Waals surface area (Å²) in [6.45, 7) is 14.1. The van der Waals surface area contributed by atoms with Gasteiger partial charge in [0.2, 0.25) is 11.8 Å². The number of sulfonamides is 1. The summed E-state index contributed by atoms with van der Waals surface area (Å²) in [7, 11) is -2.63. The third kappa shape index (κ3) is 8.99. The van der Waals surface area contributed by atoms with E-state index in [0.717, 1.165) is 11.3 Å². The maximum Gasteiger partial charge on any atom is 0.325 e. The lowest BCUT2D eigenvalue weighted by Crippen LogP contribution is -2.58. The Morgan fingerprint density at radius 1 is 1.06 bits per heavy atom. The van der Waals surface area contributed by atoms with Crippen molar-refractivity contribution in [3.05, 3.63) is 17.5 Å². The molecule has 1 aromatic rings. The zero-order chi connectivity index (χ0) is 26.5. The lowest BCUT2D eigenvalue weighted by molar-refractivity contribution is -0.160. The van der Waals surface area contributed by atoms with E-state index in [4.69, 9.17) is 4.74 Å². The summed E-state index contributed by atoms with van der Waals surface area (Å²) in [5.41, 5.74) is -1.53. The quantitative estimate of drug-likeness (QED) is 0.409. The number of hydrogen-bond acceptors (Lipinski definition) is 7. The van der Waals surface area contributed by atoms with Crippen LogP contribution in [-0.4, -0.2) is 50.9 Å². The molecule has 3 atom stereocenters. The SMILES string of the molecule is CNC(=O)[C@@H](NC(=O)[C@H](CC(C)C)[C@H](NS(=O)(=O)c1cccs1)C(=O)OC(C)(C)C)C(C)(C)C. The van der Waals surface area contributed by atoms with Gasteiger partial charge in [-0.1, -0.05) is 40.7 Å². The third-order valence-electron chi connectivity index (χ3n) is 4.83. The second-order valence-corrected chi connectivity index (χ2v) is 13.6. The van der Waals surface area contributed by atoms with Crippen LogP contribution in [-0.2, 0) is 29.1 Å². The zero-order valence-electron chi connectivity index (χ0n) is 21.5. The second-order valence-electron chi connectivity index (χ2n) is 10.7. The van der Waals surface area contributed by atoms with Gasteiger partial charge < -0.3 is 15.4 Å². The molecule has 3 N–H and O–H groups in total. The normalized spacial score (nSPS) is 15.4. The number of rotatable bonds is 10. The van der Waals surface area contributed by atoms with Gasteiger partial charge in [-0.25, -0.2) is 8.42 Å². The first-order valence-corrected chi connectivity index (χ1v) is 13.6. The van der Waals surface area contributed by atoms with Crippen LogP contribution in [0, 0.1) is 17.3 Å². The Balaban J connectivity index is 3.47. The van der Waals surface area contributed by atoms with Crippen molar-refractivity contribution in [2.75, 3.05) is 7.05 Å². The van der Waals surface area contributed by atoms with Gasteiger partial charge in [0.1, 0.15) is 21.9 Å². The monoisotopic (exact) mass is 517 g/mol. The summed E-state index contributed by atoms with van der Waals surface area (Å²) in [6.07, 6.45) is 0.188. The number of thiophene rings is 1. The Labute approximate surface area is 207 Å². The van der Waals surface area contributed by atoms with Crippen LogP contribution in [0.5, 0.6) is 0 Å². The largest absolute Gasteiger partial charge is 0.459 e. The van der Waals surface area contributed by atoms with E-state index in [-0.39, 0.29) is 16.5 Å². The number of likely N-dealkylation sites (N-methyl/N-ethyl adjacent to an activating group) is 1. The molecule has 0 aliphatic heterocycles. The summed E-state index contributed by atoms with van der Waals surface area (Å²) in [5, 5.41) is 6.89. The molecule has 0 aliphatic carbocycles. The average molecular weight is 518 g/mol. The van der Waals surface area contributed by atoms with E-state index in [1.807, 2.05) is 13.8 Å². The topological polar surface area (TPSA) is 131 Å². The van der Waals surface area contributed by atoms with Crippen LogP contribution >= 0.6 is 11.3 Å². The van der Waals surface area contributed by atoms with Crippen LogP contribution in [0.15, 0.2) is 21.7 Å². The number of esters is 1. The van der Waals surface area contributed by atoms with Gasteiger partial charge in [-0.15, -0.1) is 11.3 Å². The number of carbonyl (C=O) groups excluding carboxylic acids is 3. The van der Waals surface area contributed by atoms with Gasteiger partial charge in [0.25, 0.3) is 10.0 Å². The molecule has 0 spiro atoms. The first kappa shape index (κ1) is 30.1. The van der Waals surface area contributed by atoms with E-state index in [0.29, 0.717) is 0 Å². The molecular weight excluding hydrogens is 478 g/mol. The Morgan fingerprint density at radius 3 is 2.06 bits per heavy atom. The van der Waals surface area contributed by atoms with E-state index in [1.54, 1.807) is 53.0 Å². The minimum atomic E-state index is -4.10. The first-order chi connectivity index (χ1) is 15.4. The highest BCUT2D eigenvalue weighted by molar-refractivity contribution is 7.91.